The van der Waals surface area contributed by atoms with Crippen molar-refractivity contribution < 1.29 is 68.1 Å². The first-order chi connectivity index (χ1) is 31.7. The van der Waals surface area contributed by atoms with E-state index in [0.717, 1.165) is 0 Å². The summed E-state index contributed by atoms with van der Waals surface area (Å²) in [7, 11) is 0. The number of rotatable bonds is 18. The number of amides is 8. The van der Waals surface area contributed by atoms with Gasteiger partial charge in [0.25, 0.3) is 0 Å². The first kappa shape index (κ1) is 53.9. The maximum atomic E-state index is 14.0. The summed E-state index contributed by atoms with van der Waals surface area (Å²) >= 11 is 0. The van der Waals surface area contributed by atoms with Crippen molar-refractivity contribution in [3.05, 3.63) is 71.8 Å². The maximum absolute atomic E-state index is 14.0. The highest BCUT2D eigenvalue weighted by molar-refractivity contribution is 5.99. The van der Waals surface area contributed by atoms with Gasteiger partial charge in [-0.2, -0.15) is 0 Å². The molecule has 1 aliphatic heterocycles. The van der Waals surface area contributed by atoms with Crippen molar-refractivity contribution in [2.24, 2.45) is 5.92 Å². The molecule has 2 aromatic rings. The normalized spacial score (nSPS) is 20.1. The van der Waals surface area contributed by atoms with Crippen LogP contribution in [0.3, 0.4) is 0 Å². The fourth-order valence-electron chi connectivity index (χ4n) is 7.06. The zero-order chi connectivity index (χ0) is 49.6. The lowest BCUT2D eigenvalue weighted by molar-refractivity contribution is -0.143. The molecule has 2 unspecified atom stereocenters. The van der Waals surface area contributed by atoms with Crippen LogP contribution in [0.25, 0.3) is 0 Å². The van der Waals surface area contributed by atoms with Gasteiger partial charge in [0.05, 0.1) is 12.8 Å². The largest absolute Gasteiger partial charge is 0.481 e. The summed E-state index contributed by atoms with van der Waals surface area (Å²) in [6.45, 7) is 4.66. The number of hydrogen-bond donors (Lipinski definition) is 11. The number of carbonyl (C=O) groups is 11. The Bertz CT molecular complexity index is 2090. The maximum Gasteiger partial charge on any atom is 0.326 e. The van der Waals surface area contributed by atoms with Crippen molar-refractivity contribution in [3.8, 4) is 0 Å². The van der Waals surface area contributed by atoms with Crippen LogP contribution in [0.15, 0.2) is 60.7 Å². The summed E-state index contributed by atoms with van der Waals surface area (Å²) in [5, 5.41) is 48.8. The highest BCUT2D eigenvalue weighted by Crippen LogP contribution is 2.12. The van der Waals surface area contributed by atoms with Crippen LogP contribution in [0, 0.1) is 5.92 Å². The van der Waals surface area contributed by atoms with Gasteiger partial charge in [0, 0.05) is 32.7 Å². The summed E-state index contributed by atoms with van der Waals surface area (Å²) in [5.41, 5.74) is 1.23. The Hall–Kier alpha value is -7.39. The topological polar surface area (TPSA) is 345 Å². The first-order valence-electron chi connectivity index (χ1n) is 21.8. The van der Waals surface area contributed by atoms with Crippen molar-refractivity contribution in [1.82, 2.24) is 42.5 Å². The number of nitrogens with one attached hydrogen (secondary N) is 8. The van der Waals surface area contributed by atoms with E-state index in [2.05, 4.69) is 42.5 Å². The van der Waals surface area contributed by atoms with Gasteiger partial charge in [-0.05, 0) is 49.1 Å². The molecule has 1 fully saturated rings. The minimum Gasteiger partial charge on any atom is -0.481 e. The number of aliphatic carboxylic acids is 3. The molecule has 8 amide bonds. The number of benzene rings is 2. The SMILES string of the molecule is CC(=O)N[C@@H](Cc1ccccc1)C(=O)N[C@H]1CCC(=O)NCCCC[C@@H](C(=O)N[C@@H](CC(=O)O)C(=O)N[C@@H](Cc2ccccc2)C(=O)O)NC(=O)C(CC(=O)O)NC(=O)C(CC(C)C)NC1=O. The van der Waals surface area contributed by atoms with E-state index >= 15 is 0 Å². The van der Waals surface area contributed by atoms with Crippen LogP contribution in [-0.4, -0.2) is 129 Å². The van der Waals surface area contributed by atoms with Gasteiger partial charge >= 0.3 is 17.9 Å². The zero-order valence-electron chi connectivity index (χ0n) is 37.5. The second kappa shape index (κ2) is 27.2. The Kier molecular flexibility index (Phi) is 21.9. The molecular weight excluding hydrogens is 877 g/mol. The van der Waals surface area contributed by atoms with Crippen molar-refractivity contribution in [2.75, 3.05) is 6.54 Å². The smallest absolute Gasteiger partial charge is 0.326 e. The van der Waals surface area contributed by atoms with Crippen molar-refractivity contribution in [2.45, 2.75) is 127 Å². The van der Waals surface area contributed by atoms with Crippen molar-refractivity contribution in [3.63, 3.8) is 0 Å². The third kappa shape index (κ3) is 19.7. The first-order valence-corrected chi connectivity index (χ1v) is 21.8. The van der Waals surface area contributed by atoms with Gasteiger partial charge in [-0.15, -0.1) is 0 Å². The molecule has 0 spiro atoms. The second-order valence-corrected chi connectivity index (χ2v) is 16.5. The Labute approximate surface area is 386 Å². The molecule has 1 aliphatic rings. The molecule has 1 heterocycles. The molecule has 0 aliphatic carbocycles. The molecule has 364 valence electrons. The van der Waals surface area contributed by atoms with E-state index in [4.69, 9.17) is 0 Å². The van der Waals surface area contributed by atoms with Crippen LogP contribution in [0.1, 0.15) is 83.3 Å². The zero-order valence-corrected chi connectivity index (χ0v) is 37.5. The average molecular weight is 937 g/mol. The van der Waals surface area contributed by atoms with Crippen molar-refractivity contribution in [1.29, 1.82) is 0 Å². The predicted molar refractivity (Wildman–Crippen MR) is 237 cm³/mol. The van der Waals surface area contributed by atoms with E-state index in [1.165, 1.54) is 6.92 Å². The molecule has 22 heteroatoms. The third-order valence-electron chi connectivity index (χ3n) is 10.4. The highest BCUT2D eigenvalue weighted by atomic mass is 16.4. The Morgan fingerprint density at radius 2 is 1.24 bits per heavy atom. The lowest BCUT2D eigenvalue weighted by atomic mass is 10.0. The fraction of sp³-hybridized carbons (Fsp3) is 0.489. The van der Waals surface area contributed by atoms with Crippen LogP contribution in [0.2, 0.25) is 0 Å². The molecule has 0 bridgehead atoms. The van der Waals surface area contributed by atoms with E-state index in [1.54, 1.807) is 74.5 Å². The summed E-state index contributed by atoms with van der Waals surface area (Å²) in [4.78, 5) is 144. The average Bonchev–Trinajstić information content (AvgIpc) is 3.25. The molecule has 11 N–H and O–H groups in total. The summed E-state index contributed by atoms with van der Waals surface area (Å²) in [6.07, 6.45) is -2.72. The van der Waals surface area contributed by atoms with E-state index in [0.29, 0.717) is 11.1 Å². The van der Waals surface area contributed by atoms with E-state index in [-0.39, 0.29) is 63.8 Å². The van der Waals surface area contributed by atoms with Crippen LogP contribution in [0.4, 0.5) is 0 Å². The number of hydrogen-bond acceptors (Lipinski definition) is 11. The lowest BCUT2D eigenvalue weighted by Crippen LogP contribution is -2.60. The number of carboxylic acid groups (broad SMARTS) is 3. The monoisotopic (exact) mass is 936 g/mol. The molecule has 7 atom stereocenters. The van der Waals surface area contributed by atoms with Gasteiger partial charge in [0.2, 0.25) is 47.3 Å². The molecule has 0 saturated carbocycles. The molecular formula is C45H60N8O14. The quantitative estimate of drug-likeness (QED) is 0.0859. The molecule has 0 radical (unpaired) electrons. The van der Waals surface area contributed by atoms with Gasteiger partial charge in [0.15, 0.2) is 0 Å². The molecule has 1 saturated heterocycles. The molecule has 2 aromatic carbocycles. The van der Waals surface area contributed by atoms with E-state index in [9.17, 15) is 68.1 Å². The highest BCUT2D eigenvalue weighted by Gasteiger charge is 2.36. The predicted octanol–water partition coefficient (Wildman–Crippen LogP) is -0.954. The Morgan fingerprint density at radius 3 is 1.79 bits per heavy atom. The van der Waals surface area contributed by atoms with Gasteiger partial charge < -0.3 is 57.9 Å². The standard InChI is InChI=1S/C45H60N8O14/c1-25(2)20-31-41(62)52-33(23-37(56)57)43(64)48-29(39(60)51-34(24-38(58)59)44(65)53-35(45(66)67)22-28-14-8-5-9-15-28)16-10-11-19-46-36(55)18-17-30(40(61)50-31)49-42(63)32(47-26(3)54)21-27-12-6-4-7-13-27/h4-9,12-15,25,29-35H,10-11,16-24H2,1-3H3,(H,46,55)(H,47,54)(H,48,64)(H,49,63)(H,50,61)(H,51,60)(H,52,62)(H,53,65)(H,56,57)(H,58,59)(H,66,67)/t29-,30-,31?,32-,33?,34-,35-/m0/s1. The van der Waals surface area contributed by atoms with Crippen LogP contribution in [-0.2, 0) is 65.6 Å². The van der Waals surface area contributed by atoms with Crippen molar-refractivity contribution >= 4 is 65.2 Å². The van der Waals surface area contributed by atoms with Gasteiger partial charge in [-0.3, -0.25) is 47.9 Å². The van der Waals surface area contributed by atoms with E-state index < -0.39 is 120 Å². The van der Waals surface area contributed by atoms with Crippen LogP contribution in [0.5, 0.6) is 0 Å². The minimum absolute atomic E-state index is 0.0161. The third-order valence-corrected chi connectivity index (χ3v) is 10.4. The second-order valence-electron chi connectivity index (χ2n) is 16.5. The van der Waals surface area contributed by atoms with Gasteiger partial charge in [0.1, 0.15) is 42.3 Å². The summed E-state index contributed by atoms with van der Waals surface area (Å²) in [5.74, 6) is -12.0. The van der Waals surface area contributed by atoms with Gasteiger partial charge in [-0.25, -0.2) is 4.79 Å². The minimum atomic E-state index is -1.86. The fourth-order valence-corrected chi connectivity index (χ4v) is 7.06. The Morgan fingerprint density at radius 1 is 0.657 bits per heavy atom. The van der Waals surface area contributed by atoms with E-state index in [1.807, 2.05) is 0 Å². The molecule has 3 rings (SSSR count). The summed E-state index contributed by atoms with van der Waals surface area (Å²) < 4.78 is 0. The molecule has 67 heavy (non-hydrogen) atoms. The molecule has 22 nitrogen and oxygen atoms in total. The number of carboxylic acids is 3. The molecule has 0 aromatic heterocycles. The van der Waals surface area contributed by atoms with Crippen LogP contribution >= 0.6 is 0 Å². The Balaban J connectivity index is 1.91. The van der Waals surface area contributed by atoms with Gasteiger partial charge in [-0.1, -0.05) is 74.5 Å². The number of carbonyl (C=O) groups excluding carboxylic acids is 8. The van der Waals surface area contributed by atoms with Crippen LogP contribution < -0.4 is 42.5 Å². The summed E-state index contributed by atoms with van der Waals surface area (Å²) in [6, 6.07) is 6.14. The lowest BCUT2D eigenvalue weighted by Gasteiger charge is -2.28.